The molecule has 0 atom stereocenters. The number of nitrogens with one attached hydrogen (secondary N) is 1. The van der Waals surface area contributed by atoms with Crippen LogP contribution in [0.1, 0.15) is 23.3 Å². The molecule has 0 aliphatic heterocycles. The Balaban J connectivity index is 1.61. The molecule has 4 rings (SSSR count). The van der Waals surface area contributed by atoms with Gasteiger partial charge in [-0.15, -0.1) is 11.3 Å². The first-order chi connectivity index (χ1) is 14.6. The number of thioether (sulfide) groups is 1. The number of carbonyl (C=O) groups excluding carboxylic acids is 1. The SMILES string of the molecule is COCCn1c(SCC(=O)Nc2cccnc2Cl)nc2sc3c(c2c1=O)CCCC3. The largest absolute Gasteiger partial charge is 0.383 e. The number of halogens is 1. The standard InChI is InChI=1S/C20H21ClN4O3S2/c1-28-10-9-25-19(27)16-12-5-2-3-7-14(12)30-18(16)24-20(25)29-11-15(26)23-13-6-4-8-22-17(13)21/h4,6,8H,2-3,5,7,9-11H2,1H3,(H,23,26). The second kappa shape index (κ2) is 9.47. The number of amides is 1. The molecule has 3 aromatic heterocycles. The van der Waals surface area contributed by atoms with Crippen LogP contribution in [-0.2, 0) is 28.9 Å². The number of hydrogen-bond donors (Lipinski definition) is 1. The highest BCUT2D eigenvalue weighted by atomic mass is 35.5. The first-order valence-corrected chi connectivity index (χ1v) is 11.8. The van der Waals surface area contributed by atoms with Crippen molar-refractivity contribution in [2.24, 2.45) is 0 Å². The van der Waals surface area contributed by atoms with E-state index in [4.69, 9.17) is 21.3 Å². The van der Waals surface area contributed by atoms with E-state index >= 15 is 0 Å². The summed E-state index contributed by atoms with van der Waals surface area (Å²) < 4.78 is 6.81. The van der Waals surface area contributed by atoms with Crippen LogP contribution in [0.25, 0.3) is 10.2 Å². The Morgan fingerprint density at radius 3 is 3.03 bits per heavy atom. The molecular formula is C20H21ClN4O3S2. The third-order valence-electron chi connectivity index (χ3n) is 4.92. The molecular weight excluding hydrogens is 444 g/mol. The average molecular weight is 465 g/mol. The van der Waals surface area contributed by atoms with Crippen LogP contribution in [0.2, 0.25) is 5.15 Å². The fraction of sp³-hybridized carbons (Fsp3) is 0.400. The van der Waals surface area contributed by atoms with Crippen molar-refractivity contribution in [2.75, 3.05) is 24.8 Å². The topological polar surface area (TPSA) is 86.1 Å². The van der Waals surface area contributed by atoms with Gasteiger partial charge in [-0.25, -0.2) is 9.97 Å². The third-order valence-corrected chi connectivity index (χ3v) is 7.39. The monoisotopic (exact) mass is 464 g/mol. The number of carbonyl (C=O) groups is 1. The first-order valence-electron chi connectivity index (χ1n) is 9.65. The summed E-state index contributed by atoms with van der Waals surface area (Å²) in [6, 6.07) is 3.39. The van der Waals surface area contributed by atoms with Gasteiger partial charge in [0.15, 0.2) is 10.3 Å². The zero-order valence-electron chi connectivity index (χ0n) is 16.4. The van der Waals surface area contributed by atoms with Crippen LogP contribution in [0.15, 0.2) is 28.3 Å². The van der Waals surface area contributed by atoms with Gasteiger partial charge < -0.3 is 10.1 Å². The fourth-order valence-electron chi connectivity index (χ4n) is 3.51. The molecule has 0 saturated carbocycles. The van der Waals surface area contributed by atoms with Gasteiger partial charge in [0.05, 0.1) is 30.0 Å². The molecule has 1 N–H and O–H groups in total. The lowest BCUT2D eigenvalue weighted by Gasteiger charge is -2.13. The summed E-state index contributed by atoms with van der Waals surface area (Å²) in [6.45, 7) is 0.783. The lowest BCUT2D eigenvalue weighted by atomic mass is 9.97. The van der Waals surface area contributed by atoms with E-state index in [9.17, 15) is 9.59 Å². The number of pyridine rings is 1. The summed E-state index contributed by atoms with van der Waals surface area (Å²) in [5.74, 6) is -0.144. The Bertz CT molecular complexity index is 1150. The van der Waals surface area contributed by atoms with Crippen molar-refractivity contribution in [3.63, 3.8) is 0 Å². The average Bonchev–Trinajstić information content (AvgIpc) is 3.12. The van der Waals surface area contributed by atoms with Crippen molar-refractivity contribution in [2.45, 2.75) is 37.4 Å². The number of aromatic nitrogens is 3. The molecule has 30 heavy (non-hydrogen) atoms. The number of ether oxygens (including phenoxy) is 1. The number of rotatable bonds is 7. The zero-order chi connectivity index (χ0) is 21.1. The van der Waals surface area contributed by atoms with Gasteiger partial charge in [0, 0.05) is 18.2 Å². The molecule has 0 bridgehead atoms. The van der Waals surface area contributed by atoms with Gasteiger partial charge in [-0.2, -0.15) is 0 Å². The Labute approximate surface area is 186 Å². The second-order valence-electron chi connectivity index (χ2n) is 6.91. The molecule has 0 spiro atoms. The van der Waals surface area contributed by atoms with Crippen LogP contribution in [0.5, 0.6) is 0 Å². The summed E-state index contributed by atoms with van der Waals surface area (Å²) in [5.41, 5.74) is 1.57. The molecule has 158 valence electrons. The van der Waals surface area contributed by atoms with Gasteiger partial charge in [-0.05, 0) is 43.4 Å². The number of nitrogens with zero attached hydrogens (tertiary/aromatic N) is 3. The molecule has 10 heteroatoms. The van der Waals surface area contributed by atoms with E-state index in [1.807, 2.05) is 0 Å². The number of hydrogen-bond acceptors (Lipinski definition) is 7. The summed E-state index contributed by atoms with van der Waals surface area (Å²) >= 11 is 8.84. The van der Waals surface area contributed by atoms with Crippen molar-refractivity contribution in [1.29, 1.82) is 0 Å². The van der Waals surface area contributed by atoms with E-state index in [2.05, 4.69) is 10.3 Å². The zero-order valence-corrected chi connectivity index (χ0v) is 18.8. The number of fused-ring (bicyclic) bond motifs is 3. The highest BCUT2D eigenvalue weighted by molar-refractivity contribution is 7.99. The van der Waals surface area contributed by atoms with Gasteiger partial charge in [0.1, 0.15) is 4.83 Å². The minimum atomic E-state index is -0.243. The van der Waals surface area contributed by atoms with Crippen LogP contribution in [-0.4, -0.2) is 39.9 Å². The van der Waals surface area contributed by atoms with Gasteiger partial charge in [0.2, 0.25) is 5.91 Å². The normalized spacial score (nSPS) is 13.4. The quantitative estimate of drug-likeness (QED) is 0.325. The Hall–Kier alpha value is -1.94. The molecule has 3 aromatic rings. The second-order valence-corrected chi connectivity index (χ2v) is 9.30. The van der Waals surface area contributed by atoms with Crippen molar-refractivity contribution < 1.29 is 9.53 Å². The van der Waals surface area contributed by atoms with Gasteiger partial charge in [-0.3, -0.25) is 14.2 Å². The number of aryl methyl sites for hydroxylation is 2. The van der Waals surface area contributed by atoms with Crippen molar-refractivity contribution in [3.8, 4) is 0 Å². The van der Waals surface area contributed by atoms with E-state index in [1.165, 1.54) is 16.6 Å². The van der Waals surface area contributed by atoms with Crippen LogP contribution in [0.4, 0.5) is 5.69 Å². The Kier molecular flexibility index (Phi) is 6.72. The van der Waals surface area contributed by atoms with Gasteiger partial charge in [-0.1, -0.05) is 23.4 Å². The summed E-state index contributed by atoms with van der Waals surface area (Å²) in [4.78, 5) is 36.5. The molecule has 7 nitrogen and oxygen atoms in total. The Morgan fingerprint density at radius 1 is 1.40 bits per heavy atom. The fourth-order valence-corrected chi connectivity index (χ4v) is 5.80. The molecule has 1 amide bonds. The predicted molar refractivity (Wildman–Crippen MR) is 121 cm³/mol. The lowest BCUT2D eigenvalue weighted by molar-refractivity contribution is -0.113. The predicted octanol–water partition coefficient (Wildman–Crippen LogP) is 3.76. The molecule has 0 aromatic carbocycles. The maximum Gasteiger partial charge on any atom is 0.263 e. The first kappa shape index (κ1) is 21.3. The third kappa shape index (κ3) is 4.39. The molecule has 3 heterocycles. The highest BCUT2D eigenvalue weighted by Gasteiger charge is 2.22. The number of anilines is 1. The number of methoxy groups -OCH3 is 1. The molecule has 0 unspecified atom stereocenters. The number of thiophene rings is 1. The van der Waals surface area contributed by atoms with Crippen molar-refractivity contribution in [3.05, 3.63) is 44.3 Å². The summed E-state index contributed by atoms with van der Waals surface area (Å²) in [5, 5.41) is 4.24. The van der Waals surface area contributed by atoms with Gasteiger partial charge >= 0.3 is 0 Å². The van der Waals surface area contributed by atoms with E-state index in [0.29, 0.717) is 24.0 Å². The van der Waals surface area contributed by atoms with Gasteiger partial charge in [0.25, 0.3) is 5.56 Å². The molecule has 1 aliphatic carbocycles. The summed E-state index contributed by atoms with van der Waals surface area (Å²) in [7, 11) is 1.60. The van der Waals surface area contributed by atoms with Crippen LogP contribution in [0.3, 0.4) is 0 Å². The maximum atomic E-state index is 13.3. The highest BCUT2D eigenvalue weighted by Crippen LogP contribution is 2.34. The smallest absolute Gasteiger partial charge is 0.263 e. The van der Waals surface area contributed by atoms with Crippen LogP contribution < -0.4 is 10.9 Å². The minimum absolute atomic E-state index is 0.0466. The molecule has 0 radical (unpaired) electrons. The van der Waals surface area contributed by atoms with E-state index in [0.717, 1.165) is 41.5 Å². The maximum absolute atomic E-state index is 13.3. The van der Waals surface area contributed by atoms with E-state index in [-0.39, 0.29) is 22.4 Å². The van der Waals surface area contributed by atoms with E-state index < -0.39 is 0 Å². The van der Waals surface area contributed by atoms with Crippen LogP contribution in [0, 0.1) is 0 Å². The molecule has 1 aliphatic rings. The summed E-state index contributed by atoms with van der Waals surface area (Å²) in [6.07, 6.45) is 5.74. The van der Waals surface area contributed by atoms with E-state index in [1.54, 1.807) is 41.3 Å². The minimum Gasteiger partial charge on any atom is -0.383 e. The van der Waals surface area contributed by atoms with Crippen LogP contribution >= 0.6 is 34.7 Å². The molecule has 0 fully saturated rings. The molecule has 0 saturated heterocycles. The Morgan fingerprint density at radius 2 is 2.23 bits per heavy atom. The lowest BCUT2D eigenvalue weighted by Crippen LogP contribution is -2.26. The van der Waals surface area contributed by atoms with Crippen molar-refractivity contribution >= 4 is 56.5 Å². The van der Waals surface area contributed by atoms with Crippen molar-refractivity contribution in [1.82, 2.24) is 14.5 Å².